The zero-order chi connectivity index (χ0) is 13.8. The molecule has 0 aliphatic rings. The first-order valence-corrected chi connectivity index (χ1v) is 7.03. The maximum Gasteiger partial charge on any atom is 0.110 e. The molecule has 0 bridgehead atoms. The lowest BCUT2D eigenvalue weighted by molar-refractivity contribution is 0.553. The fraction of sp³-hybridized carbons (Fsp3) is 0.357. The fourth-order valence-electron chi connectivity index (χ4n) is 2.12. The Hall–Kier alpha value is -1.03. The molecule has 2 rings (SSSR count). The minimum absolute atomic E-state index is 0.169. The Bertz CT molecular complexity index is 551. The lowest BCUT2D eigenvalue weighted by Crippen LogP contribution is -2.20. The van der Waals surface area contributed by atoms with Crippen molar-refractivity contribution in [3.8, 4) is 0 Å². The molecule has 0 amide bonds. The number of likely N-dealkylation sites (N-methyl/N-ethyl adjacent to an activating group) is 1. The number of aryl methyl sites for hydroxylation is 1. The van der Waals surface area contributed by atoms with Gasteiger partial charge in [0.1, 0.15) is 5.82 Å². The molecule has 3 nitrogen and oxygen atoms in total. The highest BCUT2D eigenvalue weighted by molar-refractivity contribution is 6.42. The van der Waals surface area contributed by atoms with Gasteiger partial charge in [-0.15, -0.1) is 0 Å². The number of halogens is 2. The number of hydrogen-bond acceptors (Lipinski definition) is 2. The highest BCUT2D eigenvalue weighted by Gasteiger charge is 2.14. The molecule has 1 heterocycles. The molecule has 1 N–H and O–H groups in total. The van der Waals surface area contributed by atoms with E-state index in [9.17, 15) is 0 Å². The predicted molar refractivity (Wildman–Crippen MR) is 79.9 cm³/mol. The average molecular weight is 298 g/mol. The normalized spacial score (nSPS) is 12.6. The Labute approximate surface area is 123 Å². The Morgan fingerprint density at radius 1 is 1.32 bits per heavy atom. The standard InChI is InChI=1S/C14H17Cl2N3/c1-3-19-7-6-18-14(19)9-13(17-2)10-4-5-11(15)12(16)8-10/h4-8,13,17H,3,9H2,1-2H3. The summed E-state index contributed by atoms with van der Waals surface area (Å²) in [6, 6.07) is 5.90. The molecule has 1 aromatic heterocycles. The number of hydrogen-bond donors (Lipinski definition) is 1. The summed E-state index contributed by atoms with van der Waals surface area (Å²) in [6.45, 7) is 3.03. The van der Waals surface area contributed by atoms with Gasteiger partial charge in [0.2, 0.25) is 0 Å². The summed E-state index contributed by atoms with van der Waals surface area (Å²) in [5, 5.41) is 4.46. The van der Waals surface area contributed by atoms with Gasteiger partial charge in [0, 0.05) is 31.4 Å². The van der Waals surface area contributed by atoms with Crippen molar-refractivity contribution in [1.29, 1.82) is 0 Å². The summed E-state index contributed by atoms with van der Waals surface area (Å²) >= 11 is 12.0. The van der Waals surface area contributed by atoms with Crippen LogP contribution in [0.3, 0.4) is 0 Å². The van der Waals surface area contributed by atoms with Crippen LogP contribution >= 0.6 is 23.2 Å². The second-order valence-electron chi connectivity index (χ2n) is 4.35. The van der Waals surface area contributed by atoms with Crippen molar-refractivity contribution < 1.29 is 0 Å². The van der Waals surface area contributed by atoms with Crippen LogP contribution in [0.2, 0.25) is 10.0 Å². The summed E-state index contributed by atoms with van der Waals surface area (Å²) in [5.74, 6) is 1.06. The lowest BCUT2D eigenvalue weighted by atomic mass is 10.0. The molecule has 0 aliphatic carbocycles. The Balaban J connectivity index is 2.22. The van der Waals surface area contributed by atoms with Crippen LogP contribution in [0, 0.1) is 0 Å². The molecule has 1 aromatic carbocycles. The third kappa shape index (κ3) is 3.30. The quantitative estimate of drug-likeness (QED) is 0.912. The minimum atomic E-state index is 0.169. The van der Waals surface area contributed by atoms with Gasteiger partial charge in [-0.05, 0) is 31.7 Å². The number of benzene rings is 1. The van der Waals surface area contributed by atoms with E-state index in [1.54, 1.807) is 0 Å². The zero-order valence-corrected chi connectivity index (χ0v) is 12.5. The SMILES string of the molecule is CCn1ccnc1CC(NC)c1ccc(Cl)c(Cl)c1. The number of rotatable bonds is 5. The van der Waals surface area contributed by atoms with Gasteiger partial charge < -0.3 is 9.88 Å². The van der Waals surface area contributed by atoms with Crippen molar-refractivity contribution in [3.05, 3.63) is 52.0 Å². The molecule has 0 saturated carbocycles. The molecule has 1 unspecified atom stereocenters. The summed E-state index contributed by atoms with van der Waals surface area (Å²) in [5.41, 5.74) is 1.11. The first-order chi connectivity index (χ1) is 9.15. The molecular formula is C14H17Cl2N3. The van der Waals surface area contributed by atoms with E-state index in [1.165, 1.54) is 0 Å². The average Bonchev–Trinajstić information content (AvgIpc) is 2.86. The Morgan fingerprint density at radius 3 is 2.74 bits per heavy atom. The maximum atomic E-state index is 6.07. The number of aromatic nitrogens is 2. The van der Waals surface area contributed by atoms with Crippen LogP contribution in [0.4, 0.5) is 0 Å². The lowest BCUT2D eigenvalue weighted by Gasteiger charge is -2.17. The van der Waals surface area contributed by atoms with Gasteiger partial charge in [0.05, 0.1) is 10.0 Å². The van der Waals surface area contributed by atoms with E-state index in [2.05, 4.69) is 21.8 Å². The van der Waals surface area contributed by atoms with Crippen LogP contribution in [-0.4, -0.2) is 16.6 Å². The van der Waals surface area contributed by atoms with E-state index in [1.807, 2.05) is 37.6 Å². The molecule has 0 aliphatic heterocycles. The molecule has 2 aromatic rings. The van der Waals surface area contributed by atoms with E-state index < -0.39 is 0 Å². The number of nitrogens with zero attached hydrogens (tertiary/aromatic N) is 2. The third-order valence-corrected chi connectivity index (χ3v) is 3.96. The number of nitrogens with one attached hydrogen (secondary N) is 1. The molecule has 0 saturated heterocycles. The van der Waals surface area contributed by atoms with Crippen LogP contribution < -0.4 is 5.32 Å². The van der Waals surface area contributed by atoms with E-state index in [4.69, 9.17) is 23.2 Å². The first kappa shape index (κ1) is 14.4. The molecule has 102 valence electrons. The van der Waals surface area contributed by atoms with E-state index in [-0.39, 0.29) is 6.04 Å². The van der Waals surface area contributed by atoms with Gasteiger partial charge in [0.15, 0.2) is 0 Å². The van der Waals surface area contributed by atoms with Crippen LogP contribution in [-0.2, 0) is 13.0 Å². The summed E-state index contributed by atoms with van der Waals surface area (Å²) in [7, 11) is 1.94. The number of imidazole rings is 1. The van der Waals surface area contributed by atoms with Gasteiger partial charge in [-0.3, -0.25) is 0 Å². The molecule has 5 heteroatoms. The Kier molecular flexibility index (Phi) is 4.86. The smallest absolute Gasteiger partial charge is 0.110 e. The highest BCUT2D eigenvalue weighted by atomic mass is 35.5. The molecule has 0 spiro atoms. The van der Waals surface area contributed by atoms with Crippen LogP contribution in [0.5, 0.6) is 0 Å². The van der Waals surface area contributed by atoms with E-state index >= 15 is 0 Å². The molecule has 0 radical (unpaired) electrons. The maximum absolute atomic E-state index is 6.07. The zero-order valence-electron chi connectivity index (χ0n) is 11.0. The van der Waals surface area contributed by atoms with Crippen molar-refractivity contribution in [1.82, 2.24) is 14.9 Å². The van der Waals surface area contributed by atoms with Gasteiger partial charge >= 0.3 is 0 Å². The minimum Gasteiger partial charge on any atom is -0.335 e. The highest BCUT2D eigenvalue weighted by Crippen LogP contribution is 2.26. The van der Waals surface area contributed by atoms with E-state index in [0.717, 1.165) is 24.4 Å². The van der Waals surface area contributed by atoms with Crippen molar-refractivity contribution >= 4 is 23.2 Å². The Morgan fingerprint density at radius 2 is 2.11 bits per heavy atom. The van der Waals surface area contributed by atoms with Crippen molar-refractivity contribution in [2.45, 2.75) is 25.9 Å². The predicted octanol–water partition coefficient (Wildman–Crippen LogP) is 3.71. The molecule has 1 atom stereocenters. The molecule has 19 heavy (non-hydrogen) atoms. The summed E-state index contributed by atoms with van der Waals surface area (Å²) in [4.78, 5) is 4.40. The van der Waals surface area contributed by atoms with Crippen LogP contribution in [0.15, 0.2) is 30.6 Å². The van der Waals surface area contributed by atoms with Crippen molar-refractivity contribution in [2.24, 2.45) is 0 Å². The fourth-order valence-corrected chi connectivity index (χ4v) is 2.42. The van der Waals surface area contributed by atoms with Gasteiger partial charge in [-0.25, -0.2) is 4.98 Å². The van der Waals surface area contributed by atoms with E-state index in [0.29, 0.717) is 10.0 Å². The monoisotopic (exact) mass is 297 g/mol. The largest absolute Gasteiger partial charge is 0.335 e. The summed E-state index contributed by atoms with van der Waals surface area (Å²) in [6.07, 6.45) is 4.65. The van der Waals surface area contributed by atoms with Crippen LogP contribution in [0.25, 0.3) is 0 Å². The van der Waals surface area contributed by atoms with Crippen LogP contribution in [0.1, 0.15) is 24.4 Å². The topological polar surface area (TPSA) is 29.9 Å². The second kappa shape index (κ2) is 6.42. The molecular weight excluding hydrogens is 281 g/mol. The summed E-state index contributed by atoms with van der Waals surface area (Å²) < 4.78 is 2.14. The molecule has 0 fully saturated rings. The van der Waals surface area contributed by atoms with Gasteiger partial charge in [0.25, 0.3) is 0 Å². The van der Waals surface area contributed by atoms with Gasteiger partial charge in [-0.2, -0.15) is 0 Å². The van der Waals surface area contributed by atoms with Gasteiger partial charge in [-0.1, -0.05) is 29.3 Å². The third-order valence-electron chi connectivity index (χ3n) is 3.22. The second-order valence-corrected chi connectivity index (χ2v) is 5.16. The first-order valence-electron chi connectivity index (χ1n) is 6.28. The van der Waals surface area contributed by atoms with Crippen molar-refractivity contribution in [2.75, 3.05) is 7.05 Å². The van der Waals surface area contributed by atoms with Crippen molar-refractivity contribution in [3.63, 3.8) is 0 Å².